The van der Waals surface area contributed by atoms with Crippen molar-refractivity contribution >= 4 is 38.5 Å². The molecule has 0 spiro atoms. The van der Waals surface area contributed by atoms with Crippen LogP contribution >= 0.6 is 11.3 Å². The zero-order chi connectivity index (χ0) is 18.7. The molecule has 2 aromatic rings. The standard InChI is InChI=1S/C18H23N3O4S/c1-4-25-13-5-6-14-15(8-13)26-18(19-14)20-17(23)12-7-16(22)21(9-12)11(2)10-24-3/h5-6,8,11-12H,4,7,9-10H2,1-3H3,(H,19,20,23). The van der Waals surface area contributed by atoms with E-state index in [1.807, 2.05) is 32.0 Å². The van der Waals surface area contributed by atoms with Gasteiger partial charge in [-0.1, -0.05) is 11.3 Å². The highest BCUT2D eigenvalue weighted by atomic mass is 32.1. The van der Waals surface area contributed by atoms with Gasteiger partial charge >= 0.3 is 0 Å². The summed E-state index contributed by atoms with van der Waals surface area (Å²) in [6.45, 7) is 5.32. The van der Waals surface area contributed by atoms with Crippen molar-refractivity contribution in [3.05, 3.63) is 18.2 Å². The molecular formula is C18H23N3O4S. The number of nitrogens with one attached hydrogen (secondary N) is 1. The Labute approximate surface area is 156 Å². The Morgan fingerprint density at radius 2 is 2.31 bits per heavy atom. The number of hydrogen-bond donors (Lipinski definition) is 1. The second-order valence-corrected chi connectivity index (χ2v) is 7.35. The molecule has 140 valence electrons. The summed E-state index contributed by atoms with van der Waals surface area (Å²) in [5.41, 5.74) is 0.812. The maximum Gasteiger partial charge on any atom is 0.231 e. The lowest BCUT2D eigenvalue weighted by Gasteiger charge is -2.23. The molecule has 1 aliphatic rings. The number of rotatable bonds is 7. The summed E-state index contributed by atoms with van der Waals surface area (Å²) in [5, 5.41) is 3.39. The van der Waals surface area contributed by atoms with Crippen molar-refractivity contribution in [1.82, 2.24) is 9.88 Å². The van der Waals surface area contributed by atoms with Crippen LogP contribution in [0, 0.1) is 5.92 Å². The van der Waals surface area contributed by atoms with Crippen molar-refractivity contribution in [2.24, 2.45) is 5.92 Å². The molecule has 0 bridgehead atoms. The summed E-state index contributed by atoms with van der Waals surface area (Å²) in [5.74, 6) is 0.230. The lowest BCUT2D eigenvalue weighted by Crippen LogP contribution is -2.38. The largest absolute Gasteiger partial charge is 0.494 e. The van der Waals surface area contributed by atoms with Gasteiger partial charge in [0.25, 0.3) is 0 Å². The second kappa shape index (κ2) is 8.01. The van der Waals surface area contributed by atoms with Crippen LogP contribution in [0.15, 0.2) is 18.2 Å². The number of amides is 2. The number of aromatic nitrogens is 1. The molecule has 3 rings (SSSR count). The van der Waals surface area contributed by atoms with Gasteiger partial charge in [0.05, 0.1) is 35.4 Å². The number of nitrogens with zero attached hydrogens (tertiary/aromatic N) is 2. The van der Waals surface area contributed by atoms with Gasteiger partial charge < -0.3 is 19.7 Å². The minimum absolute atomic E-state index is 0.0136. The Bertz CT molecular complexity index is 807. The van der Waals surface area contributed by atoms with Crippen molar-refractivity contribution in [3.63, 3.8) is 0 Å². The van der Waals surface area contributed by atoms with Gasteiger partial charge in [0, 0.05) is 20.1 Å². The van der Waals surface area contributed by atoms with Crippen molar-refractivity contribution in [3.8, 4) is 5.75 Å². The highest BCUT2D eigenvalue weighted by molar-refractivity contribution is 7.22. The number of hydrogen-bond acceptors (Lipinski definition) is 6. The van der Waals surface area contributed by atoms with Crippen LogP contribution in [0.2, 0.25) is 0 Å². The molecular weight excluding hydrogens is 354 g/mol. The van der Waals surface area contributed by atoms with E-state index in [9.17, 15) is 9.59 Å². The molecule has 0 aliphatic carbocycles. The van der Waals surface area contributed by atoms with Crippen molar-refractivity contribution in [1.29, 1.82) is 0 Å². The van der Waals surface area contributed by atoms with Crippen molar-refractivity contribution in [2.75, 3.05) is 32.2 Å². The molecule has 1 aliphatic heterocycles. The Morgan fingerprint density at radius 3 is 3.04 bits per heavy atom. The van der Waals surface area contributed by atoms with Gasteiger partial charge in [-0.15, -0.1) is 0 Å². The smallest absolute Gasteiger partial charge is 0.231 e. The first-order valence-corrected chi connectivity index (χ1v) is 9.46. The molecule has 1 fully saturated rings. The summed E-state index contributed by atoms with van der Waals surface area (Å²) in [6.07, 6.45) is 0.221. The van der Waals surface area contributed by atoms with E-state index in [2.05, 4.69) is 10.3 Å². The van der Waals surface area contributed by atoms with Gasteiger partial charge in [-0.2, -0.15) is 0 Å². The summed E-state index contributed by atoms with van der Waals surface area (Å²) in [4.78, 5) is 30.9. The lowest BCUT2D eigenvalue weighted by molar-refractivity contribution is -0.130. The third kappa shape index (κ3) is 3.96. The van der Waals surface area contributed by atoms with Crippen LogP contribution in [0.1, 0.15) is 20.3 Å². The second-order valence-electron chi connectivity index (χ2n) is 6.32. The van der Waals surface area contributed by atoms with E-state index in [0.717, 1.165) is 16.0 Å². The molecule has 2 unspecified atom stereocenters. The van der Waals surface area contributed by atoms with Crippen LogP contribution in [0.5, 0.6) is 5.75 Å². The average Bonchev–Trinajstić information content (AvgIpc) is 3.18. The molecule has 2 atom stereocenters. The van der Waals surface area contributed by atoms with Gasteiger partial charge in [-0.3, -0.25) is 9.59 Å². The number of likely N-dealkylation sites (tertiary alicyclic amines) is 1. The van der Waals surface area contributed by atoms with E-state index in [4.69, 9.17) is 9.47 Å². The molecule has 0 saturated carbocycles. The maximum atomic E-state index is 12.6. The Morgan fingerprint density at radius 1 is 1.50 bits per heavy atom. The zero-order valence-electron chi connectivity index (χ0n) is 15.2. The van der Waals surface area contributed by atoms with Crippen molar-refractivity contribution in [2.45, 2.75) is 26.3 Å². The fourth-order valence-corrected chi connectivity index (χ4v) is 3.98. The SMILES string of the molecule is CCOc1ccc2nc(NC(=O)C3CC(=O)N(C(C)COC)C3)sc2c1. The van der Waals surface area contributed by atoms with Crippen LogP contribution in [-0.4, -0.2) is 54.6 Å². The molecule has 1 aromatic heterocycles. The molecule has 1 aromatic carbocycles. The number of carbonyl (C=O) groups excluding carboxylic acids is 2. The molecule has 2 heterocycles. The fraction of sp³-hybridized carbons (Fsp3) is 0.500. The highest BCUT2D eigenvalue weighted by Gasteiger charge is 2.36. The average molecular weight is 377 g/mol. The number of methoxy groups -OCH3 is 1. The van der Waals surface area contributed by atoms with Gasteiger partial charge in [-0.25, -0.2) is 4.98 Å². The van der Waals surface area contributed by atoms with E-state index in [1.165, 1.54) is 11.3 Å². The minimum Gasteiger partial charge on any atom is -0.494 e. The topological polar surface area (TPSA) is 80.8 Å². The molecule has 26 heavy (non-hydrogen) atoms. The van der Waals surface area contributed by atoms with Crippen LogP contribution in [0.25, 0.3) is 10.2 Å². The third-order valence-electron chi connectivity index (χ3n) is 4.37. The number of fused-ring (bicyclic) bond motifs is 1. The molecule has 1 N–H and O–H groups in total. The third-order valence-corrected chi connectivity index (χ3v) is 5.30. The Hall–Kier alpha value is -2.19. The predicted octanol–water partition coefficient (Wildman–Crippen LogP) is 2.52. The predicted molar refractivity (Wildman–Crippen MR) is 101 cm³/mol. The number of anilines is 1. The van der Waals surface area contributed by atoms with Crippen LogP contribution in [0.3, 0.4) is 0 Å². The summed E-state index contributed by atoms with van der Waals surface area (Å²) in [6, 6.07) is 5.62. The molecule has 2 amide bonds. The Balaban J connectivity index is 1.66. The first-order valence-electron chi connectivity index (χ1n) is 8.64. The molecule has 8 heteroatoms. The van der Waals surface area contributed by atoms with Crippen LogP contribution < -0.4 is 10.1 Å². The summed E-state index contributed by atoms with van der Waals surface area (Å²) >= 11 is 1.40. The number of thiazole rings is 1. The number of ether oxygens (including phenoxy) is 2. The first kappa shape index (κ1) is 18.6. The van der Waals surface area contributed by atoms with Crippen LogP contribution in [0.4, 0.5) is 5.13 Å². The van der Waals surface area contributed by atoms with Crippen LogP contribution in [-0.2, 0) is 14.3 Å². The minimum atomic E-state index is -0.368. The molecule has 1 saturated heterocycles. The van der Waals surface area contributed by atoms with Gasteiger partial charge in [0.15, 0.2) is 5.13 Å². The summed E-state index contributed by atoms with van der Waals surface area (Å²) < 4.78 is 11.5. The van der Waals surface area contributed by atoms with Gasteiger partial charge in [-0.05, 0) is 32.0 Å². The number of carbonyl (C=O) groups is 2. The van der Waals surface area contributed by atoms with E-state index in [-0.39, 0.29) is 30.2 Å². The van der Waals surface area contributed by atoms with Gasteiger partial charge in [0.2, 0.25) is 11.8 Å². The van der Waals surface area contributed by atoms with E-state index in [0.29, 0.717) is 24.9 Å². The quantitative estimate of drug-likeness (QED) is 0.802. The van der Waals surface area contributed by atoms with E-state index in [1.54, 1.807) is 12.0 Å². The monoisotopic (exact) mass is 377 g/mol. The van der Waals surface area contributed by atoms with Crippen molar-refractivity contribution < 1.29 is 19.1 Å². The van der Waals surface area contributed by atoms with E-state index < -0.39 is 0 Å². The van der Waals surface area contributed by atoms with Gasteiger partial charge in [0.1, 0.15) is 5.75 Å². The number of benzene rings is 1. The van der Waals surface area contributed by atoms with E-state index >= 15 is 0 Å². The highest BCUT2D eigenvalue weighted by Crippen LogP contribution is 2.30. The zero-order valence-corrected chi connectivity index (χ0v) is 16.0. The molecule has 7 nitrogen and oxygen atoms in total. The fourth-order valence-electron chi connectivity index (χ4n) is 3.09. The maximum absolute atomic E-state index is 12.6. The Kier molecular flexibility index (Phi) is 5.73. The molecule has 0 radical (unpaired) electrons. The lowest BCUT2D eigenvalue weighted by atomic mass is 10.1. The summed E-state index contributed by atoms with van der Waals surface area (Å²) in [7, 11) is 1.60. The normalized spacial score (nSPS) is 18.3. The first-order chi connectivity index (χ1) is 12.5.